The van der Waals surface area contributed by atoms with Gasteiger partial charge in [0.05, 0.1) is 19.0 Å². The van der Waals surface area contributed by atoms with Gasteiger partial charge in [0, 0.05) is 24.8 Å². The van der Waals surface area contributed by atoms with Crippen molar-refractivity contribution in [3.63, 3.8) is 0 Å². The molecule has 38 heavy (non-hydrogen) atoms. The van der Waals surface area contributed by atoms with Gasteiger partial charge < -0.3 is 25.0 Å². The number of nitrogens with one attached hydrogen (secondary N) is 2. The second-order valence-corrected chi connectivity index (χ2v) is 10.4. The topological polar surface area (TPSA) is 109 Å². The van der Waals surface area contributed by atoms with Crippen LogP contribution >= 0.6 is 0 Å². The van der Waals surface area contributed by atoms with Crippen LogP contribution in [0.25, 0.3) is 0 Å². The average molecular weight is 523 g/mol. The van der Waals surface area contributed by atoms with Crippen molar-refractivity contribution in [1.29, 1.82) is 0 Å². The lowest BCUT2D eigenvalue weighted by atomic mass is 10.0. The van der Waals surface area contributed by atoms with E-state index >= 15 is 0 Å². The Kier molecular flexibility index (Phi) is 7.97. The van der Waals surface area contributed by atoms with Gasteiger partial charge in [0.1, 0.15) is 24.2 Å². The number of hydrogen-bond donors (Lipinski definition) is 2. The molecule has 1 atom stereocenters. The molecule has 0 spiro atoms. The van der Waals surface area contributed by atoms with Crippen molar-refractivity contribution in [2.24, 2.45) is 0 Å². The number of carbonyl (C=O) groups excluding carboxylic acids is 2. The van der Waals surface area contributed by atoms with E-state index < -0.39 is 0 Å². The van der Waals surface area contributed by atoms with Crippen molar-refractivity contribution in [3.05, 3.63) is 30.0 Å². The molecule has 1 aliphatic heterocycles. The minimum Gasteiger partial charge on any atom is -0.495 e. The first-order valence-corrected chi connectivity index (χ1v) is 13.8. The summed E-state index contributed by atoms with van der Waals surface area (Å²) < 4.78 is 11.0. The summed E-state index contributed by atoms with van der Waals surface area (Å²) in [4.78, 5) is 39.5. The molecule has 10 heteroatoms. The zero-order valence-electron chi connectivity index (χ0n) is 22.5. The standard InChI is InChI=1S/C28H38N6O4/c1-4-22-27(36)33(17-37-2)23-16-29-28(32-25(23)34(22)20-11-7-8-12-20)31-21-14-13-18(15-24(21)38-3)26(35)30-19-9-5-6-10-19/h13-16,19-20,22H,4-12,17H2,1-3H3,(H,30,35)(H,29,31,32)/t22-/m1/s1. The van der Waals surface area contributed by atoms with E-state index in [4.69, 9.17) is 14.5 Å². The molecule has 204 valence electrons. The first kappa shape index (κ1) is 26.2. The summed E-state index contributed by atoms with van der Waals surface area (Å²) in [6.45, 7) is 2.19. The first-order chi connectivity index (χ1) is 18.5. The molecule has 1 aromatic heterocycles. The number of benzene rings is 1. The van der Waals surface area contributed by atoms with E-state index in [-0.39, 0.29) is 36.7 Å². The lowest BCUT2D eigenvalue weighted by Gasteiger charge is -2.44. The van der Waals surface area contributed by atoms with Gasteiger partial charge in [-0.2, -0.15) is 4.98 Å². The summed E-state index contributed by atoms with van der Waals surface area (Å²) in [6, 6.07) is 5.55. The van der Waals surface area contributed by atoms with Gasteiger partial charge in [0.15, 0.2) is 5.82 Å². The average Bonchev–Trinajstić information content (AvgIpc) is 3.65. The molecular weight excluding hydrogens is 484 g/mol. The molecule has 0 unspecified atom stereocenters. The van der Waals surface area contributed by atoms with E-state index in [1.54, 1.807) is 37.4 Å². The first-order valence-electron chi connectivity index (χ1n) is 13.8. The molecule has 2 heterocycles. The van der Waals surface area contributed by atoms with Crippen LogP contribution in [0.5, 0.6) is 5.75 Å². The van der Waals surface area contributed by atoms with Crippen LogP contribution in [-0.2, 0) is 9.53 Å². The van der Waals surface area contributed by atoms with E-state index in [0.29, 0.717) is 35.1 Å². The van der Waals surface area contributed by atoms with Crippen molar-refractivity contribution in [1.82, 2.24) is 15.3 Å². The second-order valence-electron chi connectivity index (χ2n) is 10.4. The maximum atomic E-state index is 13.4. The quantitative estimate of drug-likeness (QED) is 0.500. The Bertz CT molecular complexity index is 1160. The van der Waals surface area contributed by atoms with Gasteiger partial charge in [-0.15, -0.1) is 0 Å². The lowest BCUT2D eigenvalue weighted by Crippen LogP contribution is -2.57. The molecule has 2 aromatic rings. The smallest absolute Gasteiger partial charge is 0.251 e. The molecular formula is C28H38N6O4. The number of fused-ring (bicyclic) bond motifs is 1. The van der Waals surface area contributed by atoms with Crippen LogP contribution in [-0.4, -0.2) is 60.9 Å². The number of carbonyl (C=O) groups is 2. The zero-order valence-corrected chi connectivity index (χ0v) is 22.5. The van der Waals surface area contributed by atoms with Gasteiger partial charge in [0.25, 0.3) is 11.8 Å². The summed E-state index contributed by atoms with van der Waals surface area (Å²) in [6.07, 6.45) is 11.1. The number of ether oxygens (including phenoxy) is 2. The van der Waals surface area contributed by atoms with Gasteiger partial charge in [-0.25, -0.2) is 4.98 Å². The minimum absolute atomic E-state index is 0.0196. The van der Waals surface area contributed by atoms with E-state index in [1.807, 2.05) is 13.0 Å². The van der Waals surface area contributed by atoms with Gasteiger partial charge in [-0.05, 0) is 50.3 Å². The Morgan fingerprint density at radius 3 is 2.53 bits per heavy atom. The largest absolute Gasteiger partial charge is 0.495 e. The van der Waals surface area contributed by atoms with Gasteiger partial charge in [-0.1, -0.05) is 32.6 Å². The third-order valence-corrected chi connectivity index (χ3v) is 7.94. The molecule has 3 aliphatic rings. The summed E-state index contributed by atoms with van der Waals surface area (Å²) in [5.41, 5.74) is 1.87. The fourth-order valence-corrected chi connectivity index (χ4v) is 6.01. The number of hydrogen-bond acceptors (Lipinski definition) is 8. The highest BCUT2D eigenvalue weighted by Gasteiger charge is 2.42. The highest BCUT2D eigenvalue weighted by atomic mass is 16.5. The van der Waals surface area contributed by atoms with Crippen LogP contribution in [0.1, 0.15) is 75.1 Å². The molecule has 10 nitrogen and oxygen atoms in total. The fourth-order valence-electron chi connectivity index (χ4n) is 6.01. The molecule has 2 fully saturated rings. The maximum absolute atomic E-state index is 13.4. The zero-order chi connectivity index (χ0) is 26.6. The van der Waals surface area contributed by atoms with E-state index in [0.717, 1.165) is 57.2 Å². The summed E-state index contributed by atoms with van der Waals surface area (Å²) in [5.74, 6) is 1.60. The van der Waals surface area contributed by atoms with Crippen LogP contribution in [0, 0.1) is 0 Å². The van der Waals surface area contributed by atoms with Crippen LogP contribution in [0.2, 0.25) is 0 Å². The third-order valence-electron chi connectivity index (χ3n) is 7.94. The molecule has 0 radical (unpaired) electrons. The Morgan fingerprint density at radius 1 is 1.11 bits per heavy atom. The van der Waals surface area contributed by atoms with Crippen molar-refractivity contribution < 1.29 is 19.1 Å². The Hall–Kier alpha value is -3.40. The van der Waals surface area contributed by atoms with Crippen molar-refractivity contribution in [2.45, 2.75) is 82.8 Å². The van der Waals surface area contributed by atoms with Crippen LogP contribution in [0.15, 0.2) is 24.4 Å². The number of anilines is 4. The molecule has 2 N–H and O–H groups in total. The summed E-state index contributed by atoms with van der Waals surface area (Å²) >= 11 is 0. The van der Waals surface area contributed by atoms with E-state index in [2.05, 4.69) is 20.5 Å². The van der Waals surface area contributed by atoms with Crippen molar-refractivity contribution >= 4 is 35.0 Å². The molecule has 0 saturated heterocycles. The monoisotopic (exact) mass is 522 g/mol. The molecule has 5 rings (SSSR count). The predicted molar refractivity (Wildman–Crippen MR) is 146 cm³/mol. The van der Waals surface area contributed by atoms with Crippen molar-refractivity contribution in [3.8, 4) is 5.75 Å². The van der Waals surface area contributed by atoms with Gasteiger partial charge in [0.2, 0.25) is 5.95 Å². The van der Waals surface area contributed by atoms with Crippen LogP contribution in [0.4, 0.5) is 23.1 Å². The normalized spacial score (nSPS) is 20.1. The van der Waals surface area contributed by atoms with E-state index in [9.17, 15) is 9.59 Å². The SMILES string of the molecule is CC[C@@H]1C(=O)N(COC)c2cnc(Nc3ccc(C(=O)NC4CCCC4)cc3OC)nc2N1C1CCCC1. The minimum atomic E-state index is -0.296. The third kappa shape index (κ3) is 5.14. The number of amides is 2. The molecule has 2 saturated carbocycles. The summed E-state index contributed by atoms with van der Waals surface area (Å²) in [5, 5.41) is 6.40. The van der Waals surface area contributed by atoms with Crippen LogP contribution in [0.3, 0.4) is 0 Å². The maximum Gasteiger partial charge on any atom is 0.251 e. The van der Waals surface area contributed by atoms with E-state index in [1.165, 1.54) is 0 Å². The number of aromatic nitrogens is 2. The summed E-state index contributed by atoms with van der Waals surface area (Å²) in [7, 11) is 3.16. The van der Waals surface area contributed by atoms with Gasteiger partial charge >= 0.3 is 0 Å². The molecule has 2 aliphatic carbocycles. The van der Waals surface area contributed by atoms with Crippen LogP contribution < -0.4 is 25.2 Å². The second kappa shape index (κ2) is 11.6. The number of nitrogens with zero attached hydrogens (tertiary/aromatic N) is 4. The highest BCUT2D eigenvalue weighted by molar-refractivity contribution is 6.04. The Morgan fingerprint density at radius 2 is 1.84 bits per heavy atom. The highest BCUT2D eigenvalue weighted by Crippen LogP contribution is 2.41. The lowest BCUT2D eigenvalue weighted by molar-refractivity contribution is -0.121. The van der Waals surface area contributed by atoms with Crippen molar-refractivity contribution in [2.75, 3.05) is 36.1 Å². The molecule has 1 aromatic carbocycles. The Labute approximate surface area is 224 Å². The predicted octanol–water partition coefficient (Wildman–Crippen LogP) is 4.38. The molecule has 0 bridgehead atoms. The fraction of sp³-hybridized carbons (Fsp3) is 0.571. The molecule has 2 amide bonds. The van der Waals surface area contributed by atoms with Gasteiger partial charge in [-0.3, -0.25) is 14.5 Å². The number of methoxy groups -OCH3 is 2. The Balaban J connectivity index is 1.44. The number of rotatable bonds is 9.